The van der Waals surface area contributed by atoms with Crippen LogP contribution in [0.1, 0.15) is 5.56 Å². The first-order valence-electron chi connectivity index (χ1n) is 4.01. The monoisotopic (exact) mass is 164 g/mol. The Labute approximate surface area is 73.3 Å². The van der Waals surface area contributed by atoms with E-state index in [1.807, 2.05) is 24.6 Å². The van der Waals surface area contributed by atoms with Gasteiger partial charge in [0.25, 0.3) is 0 Å². The molecule has 1 radical (unpaired) electrons. The maximum absolute atomic E-state index is 5.36. The van der Waals surface area contributed by atoms with Gasteiger partial charge < -0.3 is 10.5 Å². The van der Waals surface area contributed by atoms with Gasteiger partial charge in [0.05, 0.1) is 7.11 Å². The minimum Gasteiger partial charge on any atom is -0.497 e. The Morgan fingerprint density at radius 2 is 2.33 bits per heavy atom. The van der Waals surface area contributed by atoms with Crippen molar-refractivity contribution < 1.29 is 4.74 Å². The Balaban J connectivity index is 2.60. The Hall–Kier alpha value is -1.02. The summed E-state index contributed by atoms with van der Waals surface area (Å²) >= 11 is 0. The van der Waals surface area contributed by atoms with E-state index in [4.69, 9.17) is 10.5 Å². The molecule has 12 heavy (non-hydrogen) atoms. The number of benzene rings is 1. The summed E-state index contributed by atoms with van der Waals surface area (Å²) in [4.78, 5) is 0. The fraction of sp³-hybridized carbons (Fsp3) is 0.300. The first kappa shape index (κ1) is 9.07. The van der Waals surface area contributed by atoms with Crippen LogP contribution in [0.5, 0.6) is 5.75 Å². The van der Waals surface area contributed by atoms with E-state index < -0.39 is 0 Å². The van der Waals surface area contributed by atoms with Crippen LogP contribution in [0.3, 0.4) is 0 Å². The van der Waals surface area contributed by atoms with E-state index in [1.54, 1.807) is 7.11 Å². The summed E-state index contributed by atoms with van der Waals surface area (Å²) in [5.41, 5.74) is 6.60. The summed E-state index contributed by atoms with van der Waals surface area (Å²) < 4.78 is 5.09. The highest BCUT2D eigenvalue weighted by Gasteiger charge is 1.94. The third kappa shape index (κ3) is 2.55. The molecule has 0 bridgehead atoms. The van der Waals surface area contributed by atoms with E-state index in [1.165, 1.54) is 5.56 Å². The third-order valence-corrected chi connectivity index (χ3v) is 1.68. The minimum atomic E-state index is 0.622. The molecule has 65 valence electrons. The van der Waals surface area contributed by atoms with Crippen molar-refractivity contribution in [3.63, 3.8) is 0 Å². The van der Waals surface area contributed by atoms with Crippen LogP contribution >= 0.6 is 0 Å². The van der Waals surface area contributed by atoms with Gasteiger partial charge in [0, 0.05) is 0 Å². The summed E-state index contributed by atoms with van der Waals surface area (Å²) in [5.74, 6) is 0.901. The van der Waals surface area contributed by atoms with Crippen LogP contribution in [0.15, 0.2) is 24.3 Å². The quantitative estimate of drug-likeness (QED) is 0.730. The molecule has 1 aromatic carbocycles. The fourth-order valence-electron chi connectivity index (χ4n) is 1.05. The molecule has 0 heterocycles. The predicted octanol–water partition coefficient (Wildman–Crippen LogP) is 1.40. The van der Waals surface area contributed by atoms with Gasteiger partial charge in [0.2, 0.25) is 0 Å². The van der Waals surface area contributed by atoms with Gasteiger partial charge in [0.1, 0.15) is 5.75 Å². The zero-order valence-electron chi connectivity index (χ0n) is 7.29. The van der Waals surface area contributed by atoms with E-state index in [0.717, 1.165) is 12.2 Å². The van der Waals surface area contributed by atoms with Crippen molar-refractivity contribution in [2.45, 2.75) is 6.42 Å². The molecule has 2 heteroatoms. The Morgan fingerprint density at radius 3 is 3.00 bits per heavy atom. The number of rotatable bonds is 4. The second-order valence-corrected chi connectivity index (χ2v) is 2.58. The SMILES string of the molecule is COc1cccc(C[CH]CN)c1. The molecule has 0 amide bonds. The lowest BCUT2D eigenvalue weighted by atomic mass is 10.1. The summed E-state index contributed by atoms with van der Waals surface area (Å²) in [5, 5.41) is 0. The average Bonchev–Trinajstić information content (AvgIpc) is 2.15. The van der Waals surface area contributed by atoms with Gasteiger partial charge in [-0.25, -0.2) is 0 Å². The lowest BCUT2D eigenvalue weighted by Gasteiger charge is -2.02. The molecule has 0 aliphatic rings. The Bertz CT molecular complexity index is 235. The summed E-state index contributed by atoms with van der Waals surface area (Å²) in [6.45, 7) is 0.622. The van der Waals surface area contributed by atoms with Crippen LogP contribution in [0, 0.1) is 6.42 Å². The van der Waals surface area contributed by atoms with Crippen molar-refractivity contribution in [1.29, 1.82) is 0 Å². The summed E-state index contributed by atoms with van der Waals surface area (Å²) in [6.07, 6.45) is 2.95. The number of hydrogen-bond acceptors (Lipinski definition) is 2. The molecule has 0 saturated carbocycles. The van der Waals surface area contributed by atoms with E-state index >= 15 is 0 Å². The van der Waals surface area contributed by atoms with E-state index in [0.29, 0.717) is 6.54 Å². The summed E-state index contributed by atoms with van der Waals surface area (Å²) in [7, 11) is 1.67. The molecular weight excluding hydrogens is 150 g/mol. The van der Waals surface area contributed by atoms with Gasteiger partial charge in [-0.1, -0.05) is 12.1 Å². The molecule has 2 N–H and O–H groups in total. The number of hydrogen-bond donors (Lipinski definition) is 1. The molecule has 1 rings (SSSR count). The Morgan fingerprint density at radius 1 is 1.50 bits per heavy atom. The second kappa shape index (κ2) is 4.78. The van der Waals surface area contributed by atoms with Crippen molar-refractivity contribution in [3.8, 4) is 5.75 Å². The first-order valence-corrected chi connectivity index (χ1v) is 4.01. The van der Waals surface area contributed by atoms with Gasteiger partial charge in [-0.15, -0.1) is 0 Å². The zero-order valence-corrected chi connectivity index (χ0v) is 7.29. The lowest BCUT2D eigenvalue weighted by Crippen LogP contribution is -2.01. The van der Waals surface area contributed by atoms with Gasteiger partial charge in [0.15, 0.2) is 0 Å². The van der Waals surface area contributed by atoms with Crippen LogP contribution < -0.4 is 10.5 Å². The average molecular weight is 164 g/mol. The highest BCUT2D eigenvalue weighted by Crippen LogP contribution is 2.13. The van der Waals surface area contributed by atoms with Crippen molar-refractivity contribution >= 4 is 0 Å². The molecule has 2 nitrogen and oxygen atoms in total. The lowest BCUT2D eigenvalue weighted by molar-refractivity contribution is 0.414. The number of methoxy groups -OCH3 is 1. The van der Waals surface area contributed by atoms with Crippen LogP contribution in [0.2, 0.25) is 0 Å². The zero-order chi connectivity index (χ0) is 8.81. The standard InChI is InChI=1S/C10H14NO/c1-12-10-6-2-4-9(8-10)5-3-7-11/h2-4,6,8H,5,7,11H2,1H3. The van der Waals surface area contributed by atoms with Crippen LogP contribution in [0.25, 0.3) is 0 Å². The summed E-state index contributed by atoms with van der Waals surface area (Å²) in [6, 6.07) is 8.01. The minimum absolute atomic E-state index is 0.622. The van der Waals surface area contributed by atoms with E-state index in [9.17, 15) is 0 Å². The van der Waals surface area contributed by atoms with Crippen LogP contribution in [-0.4, -0.2) is 13.7 Å². The molecule has 0 aliphatic carbocycles. The smallest absolute Gasteiger partial charge is 0.119 e. The van der Waals surface area contributed by atoms with Crippen molar-refractivity contribution in [2.24, 2.45) is 5.73 Å². The van der Waals surface area contributed by atoms with E-state index in [2.05, 4.69) is 6.07 Å². The topological polar surface area (TPSA) is 35.2 Å². The van der Waals surface area contributed by atoms with Gasteiger partial charge in [-0.05, 0) is 37.1 Å². The van der Waals surface area contributed by atoms with Crippen LogP contribution in [0.4, 0.5) is 0 Å². The molecule has 0 saturated heterocycles. The normalized spacial score (nSPS) is 9.83. The van der Waals surface area contributed by atoms with E-state index in [-0.39, 0.29) is 0 Å². The van der Waals surface area contributed by atoms with Gasteiger partial charge in [-0.2, -0.15) is 0 Å². The second-order valence-electron chi connectivity index (χ2n) is 2.58. The van der Waals surface area contributed by atoms with Crippen molar-refractivity contribution in [2.75, 3.05) is 13.7 Å². The maximum Gasteiger partial charge on any atom is 0.119 e. The number of nitrogens with two attached hydrogens (primary N) is 1. The van der Waals surface area contributed by atoms with Gasteiger partial charge in [-0.3, -0.25) is 0 Å². The maximum atomic E-state index is 5.36. The molecule has 0 atom stereocenters. The molecule has 1 aromatic rings. The van der Waals surface area contributed by atoms with Crippen molar-refractivity contribution in [1.82, 2.24) is 0 Å². The largest absolute Gasteiger partial charge is 0.497 e. The first-order chi connectivity index (χ1) is 5.86. The molecule has 0 unspecified atom stereocenters. The third-order valence-electron chi connectivity index (χ3n) is 1.68. The van der Waals surface area contributed by atoms with Crippen LogP contribution in [-0.2, 0) is 6.42 Å². The highest BCUT2D eigenvalue weighted by atomic mass is 16.5. The molecule has 0 spiro atoms. The molecule has 0 aromatic heterocycles. The molecular formula is C10H14NO. The Kier molecular flexibility index (Phi) is 3.61. The highest BCUT2D eigenvalue weighted by molar-refractivity contribution is 5.29. The van der Waals surface area contributed by atoms with Gasteiger partial charge >= 0.3 is 0 Å². The number of ether oxygens (including phenoxy) is 1. The predicted molar refractivity (Wildman–Crippen MR) is 50.1 cm³/mol. The fourth-order valence-corrected chi connectivity index (χ4v) is 1.05. The molecule has 0 fully saturated rings. The van der Waals surface area contributed by atoms with Crippen molar-refractivity contribution in [3.05, 3.63) is 36.2 Å². The molecule has 0 aliphatic heterocycles.